The van der Waals surface area contributed by atoms with E-state index in [1.807, 2.05) is 0 Å². The van der Waals surface area contributed by atoms with E-state index < -0.39 is 0 Å². The summed E-state index contributed by atoms with van der Waals surface area (Å²) in [5, 5.41) is 0. The molecule has 2 fully saturated rings. The summed E-state index contributed by atoms with van der Waals surface area (Å²) in [6, 6.07) is 9.00. The Morgan fingerprint density at radius 3 is 1.96 bits per heavy atom. The fraction of sp³-hybridized carbons (Fsp3) is 0.704. The Morgan fingerprint density at radius 2 is 1.39 bits per heavy atom. The molecule has 0 bridgehead atoms. The van der Waals surface area contributed by atoms with Crippen LogP contribution < -0.4 is 4.74 Å². The Kier molecular flexibility index (Phi) is 8.06. The molecular weight excluding hydrogens is 340 g/mol. The van der Waals surface area contributed by atoms with Crippen molar-refractivity contribution in [2.75, 3.05) is 6.61 Å². The predicted octanol–water partition coefficient (Wildman–Crippen LogP) is 8.01. The van der Waals surface area contributed by atoms with Gasteiger partial charge in [0.25, 0.3) is 0 Å². The first kappa shape index (κ1) is 21.5. The number of rotatable bonds is 7. The van der Waals surface area contributed by atoms with Crippen LogP contribution in [0.4, 0.5) is 0 Å². The monoisotopic (exact) mass is 382 g/mol. The molecule has 1 heteroatoms. The lowest BCUT2D eigenvalue weighted by Gasteiger charge is -2.37. The average Bonchev–Trinajstić information content (AvgIpc) is 2.72. The quantitative estimate of drug-likeness (QED) is 0.434. The van der Waals surface area contributed by atoms with Gasteiger partial charge in [0.1, 0.15) is 5.75 Å². The number of benzene rings is 1. The summed E-state index contributed by atoms with van der Waals surface area (Å²) in [5.74, 6) is 5.85. The van der Waals surface area contributed by atoms with Crippen molar-refractivity contribution in [3.05, 3.63) is 42.0 Å². The zero-order valence-electron chi connectivity index (χ0n) is 18.7. The van der Waals surface area contributed by atoms with Gasteiger partial charge >= 0.3 is 0 Å². The van der Waals surface area contributed by atoms with E-state index in [9.17, 15) is 0 Å². The Balaban J connectivity index is 1.43. The average molecular weight is 383 g/mol. The Labute approximate surface area is 174 Å². The normalized spacial score (nSPS) is 29.9. The van der Waals surface area contributed by atoms with E-state index in [0.29, 0.717) is 11.8 Å². The molecule has 1 atom stereocenters. The molecule has 156 valence electrons. The van der Waals surface area contributed by atoms with Gasteiger partial charge in [-0.25, -0.2) is 0 Å². The van der Waals surface area contributed by atoms with Crippen molar-refractivity contribution in [1.82, 2.24) is 0 Å². The highest BCUT2D eigenvalue weighted by Gasteiger charge is 2.30. The van der Waals surface area contributed by atoms with Gasteiger partial charge in [0.15, 0.2) is 0 Å². The standard InChI is InChI=1S/C27H42O/c1-20(2)5-6-22(4)19-28-27-17-15-26(16-18-27)25-13-11-24(12-14-25)23-9-7-21(3)8-10-23/h5-6,15-18,20-25H,7-14,19H2,1-4H3/b6-5-. The number of ether oxygens (including phenoxy) is 1. The van der Waals surface area contributed by atoms with E-state index in [1.165, 1.54) is 56.9 Å². The van der Waals surface area contributed by atoms with Crippen molar-refractivity contribution < 1.29 is 4.74 Å². The lowest BCUT2D eigenvalue weighted by Crippen LogP contribution is -2.24. The van der Waals surface area contributed by atoms with Crippen LogP contribution in [-0.4, -0.2) is 6.61 Å². The summed E-state index contributed by atoms with van der Waals surface area (Å²) in [6.45, 7) is 9.84. The van der Waals surface area contributed by atoms with Gasteiger partial charge in [0, 0.05) is 5.92 Å². The third-order valence-corrected chi connectivity index (χ3v) is 7.19. The minimum Gasteiger partial charge on any atom is -0.493 e. The summed E-state index contributed by atoms with van der Waals surface area (Å²) >= 11 is 0. The highest BCUT2D eigenvalue weighted by molar-refractivity contribution is 5.29. The topological polar surface area (TPSA) is 9.23 Å². The van der Waals surface area contributed by atoms with Crippen molar-refractivity contribution in [1.29, 1.82) is 0 Å². The maximum absolute atomic E-state index is 6.00. The fourth-order valence-corrected chi connectivity index (χ4v) is 5.21. The molecule has 1 aromatic carbocycles. The lowest BCUT2D eigenvalue weighted by molar-refractivity contribution is 0.165. The molecule has 2 saturated carbocycles. The van der Waals surface area contributed by atoms with Crippen molar-refractivity contribution in [3.63, 3.8) is 0 Å². The molecule has 0 aromatic heterocycles. The van der Waals surface area contributed by atoms with Crippen molar-refractivity contribution in [2.45, 2.75) is 85.0 Å². The molecule has 0 spiro atoms. The van der Waals surface area contributed by atoms with E-state index in [2.05, 4.69) is 64.1 Å². The maximum atomic E-state index is 6.00. The van der Waals surface area contributed by atoms with Gasteiger partial charge in [0.2, 0.25) is 0 Å². The van der Waals surface area contributed by atoms with E-state index in [0.717, 1.165) is 36.0 Å². The first-order chi connectivity index (χ1) is 13.5. The molecular formula is C27H42O. The molecule has 28 heavy (non-hydrogen) atoms. The Bertz CT molecular complexity index is 583. The molecule has 0 saturated heterocycles. The third kappa shape index (κ3) is 6.39. The van der Waals surface area contributed by atoms with E-state index in [4.69, 9.17) is 4.74 Å². The van der Waals surface area contributed by atoms with E-state index in [-0.39, 0.29) is 0 Å². The van der Waals surface area contributed by atoms with Crippen LogP contribution >= 0.6 is 0 Å². The highest BCUT2D eigenvalue weighted by Crippen LogP contribution is 2.43. The zero-order chi connectivity index (χ0) is 19.9. The second-order valence-corrected chi connectivity index (χ2v) is 10.1. The molecule has 0 heterocycles. The van der Waals surface area contributed by atoms with Crippen LogP contribution in [0.3, 0.4) is 0 Å². The largest absolute Gasteiger partial charge is 0.493 e. The lowest BCUT2D eigenvalue weighted by atomic mass is 9.68. The zero-order valence-corrected chi connectivity index (χ0v) is 18.7. The van der Waals surface area contributed by atoms with Crippen LogP contribution in [0.5, 0.6) is 5.75 Å². The van der Waals surface area contributed by atoms with Crippen LogP contribution in [0.15, 0.2) is 36.4 Å². The molecule has 0 radical (unpaired) electrons. The fourth-order valence-electron chi connectivity index (χ4n) is 5.21. The van der Waals surface area contributed by atoms with E-state index >= 15 is 0 Å². The summed E-state index contributed by atoms with van der Waals surface area (Å²) in [7, 11) is 0. The smallest absolute Gasteiger partial charge is 0.119 e. The van der Waals surface area contributed by atoms with E-state index in [1.54, 1.807) is 0 Å². The maximum Gasteiger partial charge on any atom is 0.119 e. The van der Waals surface area contributed by atoms with Gasteiger partial charge in [-0.3, -0.25) is 0 Å². The molecule has 1 unspecified atom stereocenters. The minimum absolute atomic E-state index is 0.458. The Morgan fingerprint density at radius 1 is 0.821 bits per heavy atom. The van der Waals surface area contributed by atoms with Crippen molar-refractivity contribution >= 4 is 0 Å². The Hall–Kier alpha value is -1.24. The molecule has 0 N–H and O–H groups in total. The van der Waals surface area contributed by atoms with Gasteiger partial charge < -0.3 is 4.74 Å². The van der Waals surface area contributed by atoms with Gasteiger partial charge in [0.05, 0.1) is 6.61 Å². The number of allylic oxidation sites excluding steroid dienone is 1. The summed E-state index contributed by atoms with van der Waals surface area (Å²) in [4.78, 5) is 0. The SMILES string of the molecule is CC(C)/C=C\C(C)COc1ccc(C2CCC(C3CCC(C)CC3)CC2)cc1. The van der Waals surface area contributed by atoms with Crippen LogP contribution in [0.25, 0.3) is 0 Å². The molecule has 2 aliphatic rings. The molecule has 1 aromatic rings. The molecule has 2 aliphatic carbocycles. The first-order valence-electron chi connectivity index (χ1n) is 11.9. The second-order valence-electron chi connectivity index (χ2n) is 10.1. The second kappa shape index (κ2) is 10.5. The third-order valence-electron chi connectivity index (χ3n) is 7.19. The van der Waals surface area contributed by atoms with Gasteiger partial charge in [-0.05, 0) is 85.8 Å². The number of hydrogen-bond donors (Lipinski definition) is 0. The van der Waals surface area contributed by atoms with Crippen molar-refractivity contribution in [2.24, 2.45) is 29.6 Å². The van der Waals surface area contributed by atoms with Crippen LogP contribution in [0, 0.1) is 29.6 Å². The number of hydrogen-bond acceptors (Lipinski definition) is 1. The van der Waals surface area contributed by atoms with Crippen LogP contribution in [0.1, 0.15) is 90.5 Å². The summed E-state index contributed by atoms with van der Waals surface area (Å²) in [5.41, 5.74) is 1.52. The molecule has 0 aliphatic heterocycles. The molecule has 1 nitrogen and oxygen atoms in total. The summed E-state index contributed by atoms with van der Waals surface area (Å²) < 4.78 is 6.00. The molecule has 0 amide bonds. The van der Waals surface area contributed by atoms with Gasteiger partial charge in [-0.2, -0.15) is 0 Å². The van der Waals surface area contributed by atoms with Gasteiger partial charge in [-0.15, -0.1) is 0 Å². The predicted molar refractivity (Wildman–Crippen MR) is 121 cm³/mol. The first-order valence-corrected chi connectivity index (χ1v) is 11.9. The minimum atomic E-state index is 0.458. The van der Waals surface area contributed by atoms with Crippen LogP contribution in [0.2, 0.25) is 0 Å². The van der Waals surface area contributed by atoms with Crippen LogP contribution in [-0.2, 0) is 0 Å². The van der Waals surface area contributed by atoms with Crippen molar-refractivity contribution in [3.8, 4) is 5.75 Å². The molecule has 3 rings (SSSR count). The summed E-state index contributed by atoms with van der Waals surface area (Å²) in [6.07, 6.45) is 16.1. The highest BCUT2D eigenvalue weighted by atomic mass is 16.5. The van der Waals surface area contributed by atoms with Gasteiger partial charge in [-0.1, -0.05) is 64.8 Å².